The molecule has 6 heteroatoms. The monoisotopic (exact) mass is 341 g/mol. The fraction of sp³-hybridized carbons (Fsp3) is 0.263. The van der Waals surface area contributed by atoms with Gasteiger partial charge >= 0.3 is 5.97 Å². The lowest BCUT2D eigenvalue weighted by Crippen LogP contribution is -2.48. The summed E-state index contributed by atoms with van der Waals surface area (Å²) in [6, 6.07) is 12.2. The molecule has 0 saturated heterocycles. The van der Waals surface area contributed by atoms with E-state index >= 15 is 0 Å². The number of hydrogen-bond donors (Lipinski definition) is 1. The normalized spacial score (nSPS) is 18.8. The first-order valence-electron chi connectivity index (χ1n) is 7.81. The highest BCUT2D eigenvalue weighted by Gasteiger charge is 2.42. The van der Waals surface area contributed by atoms with Gasteiger partial charge in [0.15, 0.2) is 5.60 Å². The topological polar surface area (TPSA) is 73.9 Å². The Morgan fingerprint density at radius 3 is 2.40 bits per heavy atom. The van der Waals surface area contributed by atoms with Crippen LogP contribution in [0.25, 0.3) is 0 Å². The summed E-state index contributed by atoms with van der Waals surface area (Å²) in [5.41, 5.74) is 0.495. The van der Waals surface area contributed by atoms with Crippen molar-refractivity contribution in [3.8, 4) is 11.5 Å². The van der Waals surface area contributed by atoms with Crippen LogP contribution in [0.4, 0.5) is 5.69 Å². The molecule has 3 rings (SSSR count). The van der Waals surface area contributed by atoms with Crippen molar-refractivity contribution in [2.75, 3.05) is 19.5 Å². The second kappa shape index (κ2) is 6.47. The van der Waals surface area contributed by atoms with Gasteiger partial charge in [0.1, 0.15) is 11.5 Å². The first-order chi connectivity index (χ1) is 11.9. The first kappa shape index (κ1) is 16.8. The highest BCUT2D eigenvalue weighted by Crippen LogP contribution is 2.31. The number of ether oxygens (including phenoxy) is 3. The molecule has 130 valence electrons. The molecule has 6 nitrogen and oxygen atoms in total. The molecule has 0 radical (unpaired) electrons. The summed E-state index contributed by atoms with van der Waals surface area (Å²) in [5, 5.41) is 2.78. The van der Waals surface area contributed by atoms with E-state index in [4.69, 9.17) is 14.2 Å². The van der Waals surface area contributed by atoms with Crippen LogP contribution in [0.5, 0.6) is 11.5 Å². The van der Waals surface area contributed by atoms with Crippen molar-refractivity contribution in [1.82, 2.24) is 0 Å². The highest BCUT2D eigenvalue weighted by molar-refractivity contribution is 6.02. The molecule has 1 aliphatic heterocycles. The smallest absolute Gasteiger partial charge is 0.339 e. The van der Waals surface area contributed by atoms with Crippen LogP contribution < -0.4 is 14.8 Å². The van der Waals surface area contributed by atoms with Gasteiger partial charge in [-0.25, -0.2) is 4.79 Å². The third kappa shape index (κ3) is 3.28. The Labute approximate surface area is 145 Å². The first-order valence-corrected chi connectivity index (χ1v) is 7.81. The lowest BCUT2D eigenvalue weighted by Gasteiger charge is -2.33. The summed E-state index contributed by atoms with van der Waals surface area (Å²) >= 11 is 0. The van der Waals surface area contributed by atoms with Crippen LogP contribution in [0.15, 0.2) is 42.5 Å². The number of hydrogen-bond acceptors (Lipinski definition) is 5. The van der Waals surface area contributed by atoms with E-state index in [-0.39, 0.29) is 0 Å². The third-order valence-corrected chi connectivity index (χ3v) is 4.17. The van der Waals surface area contributed by atoms with Crippen molar-refractivity contribution in [2.45, 2.75) is 18.9 Å². The van der Waals surface area contributed by atoms with Crippen LogP contribution in [-0.2, 0) is 16.0 Å². The summed E-state index contributed by atoms with van der Waals surface area (Å²) in [7, 11) is 3.06. The Morgan fingerprint density at radius 1 is 1.12 bits per heavy atom. The number of amides is 1. The third-order valence-electron chi connectivity index (χ3n) is 4.17. The van der Waals surface area contributed by atoms with Gasteiger partial charge < -0.3 is 19.5 Å². The molecule has 0 aromatic heterocycles. The Hall–Kier alpha value is -3.02. The maximum Gasteiger partial charge on any atom is 0.339 e. The minimum atomic E-state index is -1.29. The fourth-order valence-corrected chi connectivity index (χ4v) is 2.80. The van der Waals surface area contributed by atoms with Gasteiger partial charge in [-0.1, -0.05) is 18.2 Å². The molecule has 1 amide bonds. The lowest BCUT2D eigenvalue weighted by molar-refractivity contribution is -0.134. The SMILES string of the molecule is COc1cc(NC(=O)[C@@]2(C)Cc3ccccc3C(=O)O2)cc(OC)c1. The largest absolute Gasteiger partial charge is 0.497 e. The predicted molar refractivity (Wildman–Crippen MR) is 92.1 cm³/mol. The van der Waals surface area contributed by atoms with Crippen molar-refractivity contribution in [1.29, 1.82) is 0 Å². The molecule has 1 aliphatic rings. The molecule has 1 heterocycles. The molecular weight excluding hydrogens is 322 g/mol. The zero-order valence-corrected chi connectivity index (χ0v) is 14.3. The Kier molecular flexibility index (Phi) is 4.35. The molecule has 25 heavy (non-hydrogen) atoms. The summed E-state index contributed by atoms with van der Waals surface area (Å²) < 4.78 is 15.8. The number of carbonyl (C=O) groups is 2. The van der Waals surface area contributed by atoms with E-state index in [2.05, 4.69) is 5.32 Å². The quantitative estimate of drug-likeness (QED) is 0.866. The van der Waals surface area contributed by atoms with Gasteiger partial charge in [0.2, 0.25) is 0 Å². The maximum atomic E-state index is 12.8. The van der Waals surface area contributed by atoms with Crippen LogP contribution in [0.3, 0.4) is 0 Å². The molecule has 2 aromatic rings. The summed E-state index contributed by atoms with van der Waals surface area (Å²) in [6.07, 6.45) is 0.307. The van der Waals surface area contributed by atoms with Gasteiger partial charge in [0.25, 0.3) is 5.91 Å². The summed E-state index contributed by atoms with van der Waals surface area (Å²) in [6.45, 7) is 1.60. The average Bonchev–Trinajstić information content (AvgIpc) is 2.61. The van der Waals surface area contributed by atoms with Crippen LogP contribution in [0.2, 0.25) is 0 Å². The zero-order valence-electron chi connectivity index (χ0n) is 14.3. The summed E-state index contributed by atoms with van der Waals surface area (Å²) in [5.74, 6) is 0.185. The number of cyclic esters (lactones) is 1. The number of anilines is 1. The zero-order chi connectivity index (χ0) is 18.0. The standard InChI is InChI=1S/C19H19NO5/c1-19(11-12-6-4-5-7-16(12)17(21)25-19)18(22)20-13-8-14(23-2)10-15(9-13)24-3/h4-10H,11H2,1-3H3,(H,20,22)/t19-/m1/s1. The summed E-state index contributed by atoms with van der Waals surface area (Å²) in [4.78, 5) is 25.0. The van der Waals surface area contributed by atoms with Crippen molar-refractivity contribution < 1.29 is 23.8 Å². The molecule has 0 bridgehead atoms. The van der Waals surface area contributed by atoms with Gasteiger partial charge in [-0.2, -0.15) is 0 Å². The van der Waals surface area contributed by atoms with Crippen molar-refractivity contribution >= 4 is 17.6 Å². The van der Waals surface area contributed by atoms with Gasteiger partial charge in [-0.3, -0.25) is 4.79 Å². The van der Waals surface area contributed by atoms with Crippen LogP contribution in [-0.4, -0.2) is 31.7 Å². The molecule has 0 unspecified atom stereocenters. The molecule has 0 aliphatic carbocycles. The number of methoxy groups -OCH3 is 2. The maximum absolute atomic E-state index is 12.8. The van der Waals surface area contributed by atoms with E-state index in [0.29, 0.717) is 29.2 Å². The number of nitrogens with one attached hydrogen (secondary N) is 1. The Balaban J connectivity index is 1.85. The molecule has 2 aromatic carbocycles. The molecule has 1 atom stereocenters. The molecule has 0 spiro atoms. The second-order valence-corrected chi connectivity index (χ2v) is 6.01. The van der Waals surface area contributed by atoms with Gasteiger partial charge in [0, 0.05) is 30.3 Å². The number of carbonyl (C=O) groups excluding carboxylic acids is 2. The molecular formula is C19H19NO5. The minimum Gasteiger partial charge on any atom is -0.497 e. The van der Waals surface area contributed by atoms with Gasteiger partial charge in [-0.15, -0.1) is 0 Å². The second-order valence-electron chi connectivity index (χ2n) is 6.01. The predicted octanol–water partition coefficient (Wildman–Crippen LogP) is 2.81. The van der Waals surface area contributed by atoms with Gasteiger partial charge in [-0.05, 0) is 18.6 Å². The van der Waals surface area contributed by atoms with E-state index < -0.39 is 17.5 Å². The Bertz CT molecular complexity index is 810. The van der Waals surface area contributed by atoms with Crippen LogP contribution in [0.1, 0.15) is 22.8 Å². The number of fused-ring (bicyclic) bond motifs is 1. The van der Waals surface area contributed by atoms with Crippen molar-refractivity contribution in [3.05, 3.63) is 53.6 Å². The van der Waals surface area contributed by atoms with Crippen LogP contribution >= 0.6 is 0 Å². The number of esters is 1. The Morgan fingerprint density at radius 2 is 1.76 bits per heavy atom. The van der Waals surface area contributed by atoms with E-state index in [1.807, 2.05) is 12.1 Å². The molecule has 1 N–H and O–H groups in total. The molecule has 0 fully saturated rings. The number of rotatable bonds is 4. The van der Waals surface area contributed by atoms with E-state index in [1.54, 1.807) is 37.3 Å². The molecule has 0 saturated carbocycles. The lowest BCUT2D eigenvalue weighted by atomic mass is 9.89. The van der Waals surface area contributed by atoms with E-state index in [9.17, 15) is 9.59 Å². The number of benzene rings is 2. The van der Waals surface area contributed by atoms with Crippen molar-refractivity contribution in [3.63, 3.8) is 0 Å². The fourth-order valence-electron chi connectivity index (χ4n) is 2.80. The highest BCUT2D eigenvalue weighted by atomic mass is 16.6. The minimum absolute atomic E-state index is 0.307. The van der Waals surface area contributed by atoms with E-state index in [0.717, 1.165) is 5.56 Å². The average molecular weight is 341 g/mol. The van der Waals surface area contributed by atoms with Crippen molar-refractivity contribution in [2.24, 2.45) is 0 Å². The van der Waals surface area contributed by atoms with Crippen LogP contribution in [0, 0.1) is 0 Å². The van der Waals surface area contributed by atoms with E-state index in [1.165, 1.54) is 14.2 Å². The van der Waals surface area contributed by atoms with Gasteiger partial charge in [0.05, 0.1) is 19.8 Å².